The normalized spacial score (nSPS) is 23.3. The van der Waals surface area contributed by atoms with Crippen molar-refractivity contribution in [2.45, 2.75) is 44.4 Å². The van der Waals surface area contributed by atoms with Gasteiger partial charge in [0.05, 0.1) is 7.11 Å². The monoisotopic (exact) mass is 380 g/mol. The maximum Gasteiger partial charge on any atom is 0.410 e. The van der Waals surface area contributed by atoms with E-state index in [9.17, 15) is 9.59 Å². The van der Waals surface area contributed by atoms with E-state index in [1.807, 2.05) is 35.2 Å². The number of amides is 1. The number of benzene rings is 1. The molecule has 2 aromatic rings. The third kappa shape index (κ3) is 3.72. The molecule has 6 nitrogen and oxygen atoms in total. The summed E-state index contributed by atoms with van der Waals surface area (Å²) in [6.45, 7) is 0.273. The summed E-state index contributed by atoms with van der Waals surface area (Å²) >= 11 is 0. The van der Waals surface area contributed by atoms with E-state index in [0.717, 1.165) is 18.4 Å². The first-order valence-corrected chi connectivity index (χ1v) is 9.69. The van der Waals surface area contributed by atoms with E-state index in [-0.39, 0.29) is 36.5 Å². The van der Waals surface area contributed by atoms with Gasteiger partial charge in [-0.3, -0.25) is 4.79 Å². The van der Waals surface area contributed by atoms with Crippen LogP contribution in [0.3, 0.4) is 0 Å². The number of nitrogens with zero attached hydrogens (tertiary/aromatic N) is 2. The van der Waals surface area contributed by atoms with Crippen LogP contribution >= 0.6 is 0 Å². The van der Waals surface area contributed by atoms with E-state index in [0.29, 0.717) is 24.3 Å². The van der Waals surface area contributed by atoms with Crippen LogP contribution < -0.4 is 4.74 Å². The number of carbonyl (C=O) groups is 2. The molecule has 146 valence electrons. The van der Waals surface area contributed by atoms with Crippen LogP contribution in [0.1, 0.15) is 41.6 Å². The molecule has 0 saturated carbocycles. The summed E-state index contributed by atoms with van der Waals surface area (Å²) in [4.78, 5) is 31.5. The van der Waals surface area contributed by atoms with Gasteiger partial charge in [-0.25, -0.2) is 9.78 Å². The molecule has 2 saturated heterocycles. The number of Topliss-reactive ketones (excluding diaryl/α,β-unsaturated/α-hetero) is 1. The van der Waals surface area contributed by atoms with Crippen LogP contribution in [0.15, 0.2) is 48.7 Å². The highest BCUT2D eigenvalue weighted by atomic mass is 16.6. The quantitative estimate of drug-likeness (QED) is 0.737. The van der Waals surface area contributed by atoms with Crippen molar-refractivity contribution < 1.29 is 19.1 Å². The first-order valence-electron chi connectivity index (χ1n) is 9.69. The summed E-state index contributed by atoms with van der Waals surface area (Å²) < 4.78 is 10.6. The fourth-order valence-corrected chi connectivity index (χ4v) is 4.37. The molecule has 1 aromatic heterocycles. The molecule has 2 bridgehead atoms. The van der Waals surface area contributed by atoms with Crippen LogP contribution in [-0.2, 0) is 11.3 Å². The van der Waals surface area contributed by atoms with Crippen molar-refractivity contribution in [1.82, 2.24) is 9.88 Å². The lowest BCUT2D eigenvalue weighted by Gasteiger charge is -2.37. The van der Waals surface area contributed by atoms with Crippen molar-refractivity contribution in [3.63, 3.8) is 0 Å². The number of ether oxygens (including phenoxy) is 2. The lowest BCUT2D eigenvalue weighted by atomic mass is 9.85. The molecular weight excluding hydrogens is 356 g/mol. The zero-order chi connectivity index (χ0) is 19.5. The second kappa shape index (κ2) is 8.00. The van der Waals surface area contributed by atoms with E-state index in [2.05, 4.69) is 4.98 Å². The van der Waals surface area contributed by atoms with E-state index < -0.39 is 0 Å². The Morgan fingerprint density at radius 3 is 2.39 bits per heavy atom. The van der Waals surface area contributed by atoms with Gasteiger partial charge in [0.1, 0.15) is 6.61 Å². The van der Waals surface area contributed by atoms with E-state index in [4.69, 9.17) is 9.47 Å². The number of pyridine rings is 1. The van der Waals surface area contributed by atoms with E-state index >= 15 is 0 Å². The number of fused-ring (bicyclic) bond motifs is 2. The molecule has 2 aliphatic heterocycles. The SMILES string of the molecule is COc1ccc(C(=O)C2CC3CCC(C2)N3C(=O)OCc2ccccc2)cn1. The van der Waals surface area contributed by atoms with Gasteiger partial charge in [-0.1, -0.05) is 30.3 Å². The minimum atomic E-state index is -0.270. The number of hydrogen-bond acceptors (Lipinski definition) is 5. The van der Waals surface area contributed by atoms with E-state index in [1.165, 1.54) is 0 Å². The molecule has 3 heterocycles. The van der Waals surface area contributed by atoms with Crippen molar-refractivity contribution in [1.29, 1.82) is 0 Å². The molecule has 28 heavy (non-hydrogen) atoms. The largest absolute Gasteiger partial charge is 0.481 e. The summed E-state index contributed by atoms with van der Waals surface area (Å²) in [5, 5.41) is 0. The van der Waals surface area contributed by atoms with Crippen LogP contribution in [0, 0.1) is 5.92 Å². The standard InChI is InChI=1S/C22H24N2O4/c1-27-20-10-7-16(13-23-20)21(25)17-11-18-8-9-19(12-17)24(18)22(26)28-14-15-5-3-2-4-6-15/h2-7,10,13,17-19H,8-9,11-12,14H2,1H3. The summed E-state index contributed by atoms with van der Waals surface area (Å²) in [6, 6.07) is 13.3. The van der Waals surface area contributed by atoms with Gasteiger partial charge in [-0.2, -0.15) is 0 Å². The second-order valence-electron chi connectivity index (χ2n) is 7.45. The minimum Gasteiger partial charge on any atom is -0.481 e. The van der Waals surface area contributed by atoms with Gasteiger partial charge in [0, 0.05) is 35.8 Å². The first kappa shape index (κ1) is 18.5. The number of hydrogen-bond donors (Lipinski definition) is 0. The number of rotatable bonds is 5. The zero-order valence-corrected chi connectivity index (χ0v) is 15.9. The first-order chi connectivity index (χ1) is 13.7. The summed E-state index contributed by atoms with van der Waals surface area (Å²) in [5.41, 5.74) is 1.57. The number of carbonyl (C=O) groups excluding carboxylic acids is 2. The minimum absolute atomic E-state index is 0.0715. The predicted molar refractivity (Wildman–Crippen MR) is 103 cm³/mol. The van der Waals surface area contributed by atoms with Crippen LogP contribution in [0.25, 0.3) is 0 Å². The van der Waals surface area contributed by atoms with Gasteiger partial charge in [-0.15, -0.1) is 0 Å². The molecule has 0 radical (unpaired) electrons. The average Bonchev–Trinajstić information content (AvgIpc) is 3.01. The lowest BCUT2D eigenvalue weighted by molar-refractivity contribution is 0.0485. The van der Waals surface area contributed by atoms with Gasteiger partial charge >= 0.3 is 6.09 Å². The smallest absolute Gasteiger partial charge is 0.410 e. The summed E-state index contributed by atoms with van der Waals surface area (Å²) in [6.07, 6.45) is 4.52. The molecule has 4 rings (SSSR count). The Morgan fingerprint density at radius 2 is 1.79 bits per heavy atom. The highest BCUT2D eigenvalue weighted by Crippen LogP contribution is 2.40. The highest BCUT2D eigenvalue weighted by Gasteiger charge is 2.45. The Morgan fingerprint density at radius 1 is 1.07 bits per heavy atom. The van der Waals surface area contributed by atoms with Crippen molar-refractivity contribution in [3.05, 3.63) is 59.8 Å². The van der Waals surface area contributed by atoms with Crippen LogP contribution in [0.5, 0.6) is 5.88 Å². The van der Waals surface area contributed by atoms with Crippen molar-refractivity contribution in [3.8, 4) is 5.88 Å². The van der Waals surface area contributed by atoms with Crippen molar-refractivity contribution in [2.24, 2.45) is 5.92 Å². The molecule has 0 N–H and O–H groups in total. The Labute approximate surface area is 164 Å². The number of methoxy groups -OCH3 is 1. The lowest BCUT2D eigenvalue weighted by Crippen LogP contribution is -2.48. The fourth-order valence-electron chi connectivity index (χ4n) is 4.37. The Bertz CT molecular complexity index is 823. The fraction of sp³-hybridized carbons (Fsp3) is 0.409. The average molecular weight is 380 g/mol. The highest BCUT2D eigenvalue weighted by molar-refractivity contribution is 5.97. The topological polar surface area (TPSA) is 68.7 Å². The molecule has 2 atom stereocenters. The third-order valence-corrected chi connectivity index (χ3v) is 5.75. The van der Waals surface area contributed by atoms with Gasteiger partial charge in [0.2, 0.25) is 5.88 Å². The maximum atomic E-state index is 12.9. The number of piperidine rings is 1. The molecule has 1 amide bonds. The predicted octanol–water partition coefficient (Wildman–Crippen LogP) is 3.85. The van der Waals surface area contributed by atoms with Crippen molar-refractivity contribution >= 4 is 11.9 Å². The number of aromatic nitrogens is 1. The Hall–Kier alpha value is -2.89. The molecule has 2 aliphatic rings. The van der Waals surface area contributed by atoms with Crippen LogP contribution in [0.2, 0.25) is 0 Å². The Balaban J connectivity index is 1.38. The molecule has 2 fully saturated rings. The number of ketones is 1. The van der Waals surface area contributed by atoms with E-state index in [1.54, 1.807) is 25.4 Å². The summed E-state index contributed by atoms with van der Waals surface area (Å²) in [7, 11) is 1.55. The third-order valence-electron chi connectivity index (χ3n) is 5.75. The zero-order valence-electron chi connectivity index (χ0n) is 15.9. The maximum absolute atomic E-state index is 12.9. The molecule has 1 aromatic carbocycles. The molecular formula is C22H24N2O4. The van der Waals surface area contributed by atoms with Gasteiger partial charge in [-0.05, 0) is 37.3 Å². The molecule has 0 spiro atoms. The molecule has 0 aliphatic carbocycles. The summed E-state index contributed by atoms with van der Waals surface area (Å²) in [5.74, 6) is 0.517. The van der Waals surface area contributed by atoms with Crippen LogP contribution in [-0.4, -0.2) is 41.0 Å². The van der Waals surface area contributed by atoms with Crippen molar-refractivity contribution in [2.75, 3.05) is 7.11 Å². The van der Waals surface area contributed by atoms with Gasteiger partial charge < -0.3 is 14.4 Å². The second-order valence-corrected chi connectivity index (χ2v) is 7.45. The molecule has 2 unspecified atom stereocenters. The van der Waals surface area contributed by atoms with Gasteiger partial charge in [0.25, 0.3) is 0 Å². The van der Waals surface area contributed by atoms with Crippen LogP contribution in [0.4, 0.5) is 4.79 Å². The Kier molecular flexibility index (Phi) is 5.28. The van der Waals surface area contributed by atoms with Gasteiger partial charge in [0.15, 0.2) is 5.78 Å². The molecule has 6 heteroatoms.